The summed E-state index contributed by atoms with van der Waals surface area (Å²) in [6, 6.07) is 4.42. The van der Waals surface area contributed by atoms with Gasteiger partial charge < -0.3 is 5.73 Å². The van der Waals surface area contributed by atoms with Crippen LogP contribution in [0.3, 0.4) is 0 Å². The molecule has 2 rings (SSSR count). The Morgan fingerprint density at radius 3 is 2.33 bits per heavy atom. The lowest BCUT2D eigenvalue weighted by atomic mass is 10.1. The van der Waals surface area contributed by atoms with Gasteiger partial charge in [0.1, 0.15) is 4.99 Å². The van der Waals surface area contributed by atoms with Crippen molar-refractivity contribution in [2.24, 2.45) is 5.73 Å². The van der Waals surface area contributed by atoms with Gasteiger partial charge in [-0.3, -0.25) is 14.9 Å². The molecule has 0 radical (unpaired) electrons. The first-order chi connectivity index (χ1) is 9.71. The Labute approximate surface area is 127 Å². The van der Waals surface area contributed by atoms with Crippen molar-refractivity contribution in [3.8, 4) is 0 Å². The molecule has 7 nitrogen and oxygen atoms in total. The van der Waals surface area contributed by atoms with Gasteiger partial charge in [0.25, 0.3) is 0 Å². The second-order valence-electron chi connectivity index (χ2n) is 4.59. The molecule has 0 aliphatic carbocycles. The number of aryl methyl sites for hydroxylation is 1. The van der Waals surface area contributed by atoms with E-state index >= 15 is 0 Å². The molecule has 0 spiro atoms. The number of nitrogens with one attached hydrogen (secondary N) is 1. The molecule has 1 aromatic carbocycles. The normalized spacial score (nSPS) is 16.6. The fourth-order valence-corrected chi connectivity index (χ4v) is 3.70. The highest BCUT2D eigenvalue weighted by Gasteiger charge is 2.33. The third-order valence-electron chi connectivity index (χ3n) is 3.00. The van der Waals surface area contributed by atoms with Crippen molar-refractivity contribution in [3.63, 3.8) is 0 Å². The van der Waals surface area contributed by atoms with Gasteiger partial charge in [0, 0.05) is 5.56 Å². The molecular formula is C12H13N3O4S2. The molecule has 1 fully saturated rings. The molecule has 0 unspecified atom stereocenters. The molecule has 0 atom stereocenters. The molecule has 21 heavy (non-hydrogen) atoms. The fraction of sp³-hybridized carbons (Fsp3) is 0.250. The number of thiocarbonyl (C=S) groups is 1. The smallest absolute Gasteiger partial charge is 0.244 e. The van der Waals surface area contributed by atoms with E-state index in [4.69, 9.17) is 18.0 Å². The molecule has 2 amide bonds. The minimum absolute atomic E-state index is 0.0185. The second kappa shape index (κ2) is 5.51. The third kappa shape index (κ3) is 3.09. The molecule has 1 aliphatic rings. The highest BCUT2D eigenvalue weighted by molar-refractivity contribution is 7.89. The van der Waals surface area contributed by atoms with Crippen LogP contribution in [0.25, 0.3) is 0 Å². The van der Waals surface area contributed by atoms with Crippen LogP contribution in [0.2, 0.25) is 0 Å². The molecule has 1 aromatic rings. The summed E-state index contributed by atoms with van der Waals surface area (Å²) >= 11 is 4.83. The maximum atomic E-state index is 12.5. The Kier molecular flexibility index (Phi) is 4.08. The van der Waals surface area contributed by atoms with Gasteiger partial charge in [-0.25, -0.2) is 8.42 Å². The lowest BCUT2D eigenvalue weighted by Gasteiger charge is -2.25. The number of carbonyl (C=O) groups excluding carboxylic acids is 2. The van der Waals surface area contributed by atoms with E-state index in [-0.39, 0.29) is 23.0 Å². The van der Waals surface area contributed by atoms with E-state index in [0.29, 0.717) is 11.1 Å². The van der Waals surface area contributed by atoms with Gasteiger partial charge in [-0.15, -0.1) is 0 Å². The van der Waals surface area contributed by atoms with Crippen LogP contribution in [0.5, 0.6) is 0 Å². The highest BCUT2D eigenvalue weighted by atomic mass is 32.2. The topological polar surface area (TPSA) is 110 Å². The van der Waals surface area contributed by atoms with Gasteiger partial charge in [-0.2, -0.15) is 4.31 Å². The predicted molar refractivity (Wildman–Crippen MR) is 79.0 cm³/mol. The van der Waals surface area contributed by atoms with Crippen LogP contribution in [0, 0.1) is 6.92 Å². The molecule has 112 valence electrons. The maximum Gasteiger partial charge on any atom is 0.244 e. The van der Waals surface area contributed by atoms with Crippen LogP contribution >= 0.6 is 12.2 Å². The number of nitrogens with two attached hydrogens (primary N) is 1. The van der Waals surface area contributed by atoms with Crippen molar-refractivity contribution in [2.75, 3.05) is 13.1 Å². The van der Waals surface area contributed by atoms with Gasteiger partial charge in [0.2, 0.25) is 21.8 Å². The molecule has 0 bridgehead atoms. The summed E-state index contributed by atoms with van der Waals surface area (Å²) < 4.78 is 25.9. The van der Waals surface area contributed by atoms with Crippen LogP contribution in [0.1, 0.15) is 11.1 Å². The average Bonchev–Trinajstić information content (AvgIpc) is 2.36. The Balaban J connectivity index is 2.42. The molecule has 0 aromatic heterocycles. The number of sulfonamides is 1. The standard InChI is InChI=1S/C12H13N3O4S2/c1-7-4-8(12(13)20)2-3-9(7)21(18,19)15-5-10(16)14-11(17)6-15/h2-4H,5-6H2,1H3,(H2,13,20)(H,14,16,17). The zero-order valence-electron chi connectivity index (χ0n) is 11.1. The second-order valence-corrected chi connectivity index (χ2v) is 6.94. The zero-order valence-corrected chi connectivity index (χ0v) is 12.8. The van der Waals surface area contributed by atoms with Crippen molar-refractivity contribution in [1.82, 2.24) is 9.62 Å². The molecule has 1 heterocycles. The number of imide groups is 1. The maximum absolute atomic E-state index is 12.5. The quantitative estimate of drug-likeness (QED) is 0.560. The first kappa shape index (κ1) is 15.5. The van der Waals surface area contributed by atoms with E-state index in [9.17, 15) is 18.0 Å². The molecule has 1 aliphatic heterocycles. The first-order valence-corrected chi connectivity index (χ1v) is 7.80. The van der Waals surface area contributed by atoms with Crippen molar-refractivity contribution in [2.45, 2.75) is 11.8 Å². The number of benzene rings is 1. The third-order valence-corrected chi connectivity index (χ3v) is 5.18. The molecule has 3 N–H and O–H groups in total. The number of piperazine rings is 1. The molecule has 9 heteroatoms. The monoisotopic (exact) mass is 327 g/mol. The van der Waals surface area contributed by atoms with Gasteiger partial charge in [0.15, 0.2) is 0 Å². The summed E-state index contributed by atoms with van der Waals surface area (Å²) in [5, 5.41) is 2.05. The zero-order chi connectivity index (χ0) is 15.8. The van der Waals surface area contributed by atoms with Crippen LogP contribution in [-0.4, -0.2) is 42.6 Å². The minimum Gasteiger partial charge on any atom is -0.389 e. The van der Waals surface area contributed by atoms with Crippen LogP contribution in [-0.2, 0) is 19.6 Å². The lowest BCUT2D eigenvalue weighted by Crippen LogP contribution is -2.53. The number of hydrogen-bond acceptors (Lipinski definition) is 5. The fourth-order valence-electron chi connectivity index (χ4n) is 2.01. The van der Waals surface area contributed by atoms with Crippen LogP contribution in [0.4, 0.5) is 0 Å². The molecule has 1 saturated heterocycles. The Hall–Kier alpha value is -1.84. The molecule has 0 saturated carbocycles. The largest absolute Gasteiger partial charge is 0.389 e. The van der Waals surface area contributed by atoms with Gasteiger partial charge in [-0.05, 0) is 24.6 Å². The van der Waals surface area contributed by atoms with Crippen molar-refractivity contribution >= 4 is 39.0 Å². The van der Waals surface area contributed by atoms with Crippen molar-refractivity contribution in [3.05, 3.63) is 29.3 Å². The summed E-state index contributed by atoms with van der Waals surface area (Å²) in [4.78, 5) is 22.8. The van der Waals surface area contributed by atoms with E-state index < -0.39 is 21.8 Å². The first-order valence-electron chi connectivity index (χ1n) is 5.95. The SMILES string of the molecule is Cc1cc(C(N)=S)ccc1S(=O)(=O)N1CC(=O)NC(=O)C1. The van der Waals surface area contributed by atoms with Gasteiger partial charge >= 0.3 is 0 Å². The number of carbonyl (C=O) groups is 2. The van der Waals surface area contributed by atoms with Crippen molar-refractivity contribution < 1.29 is 18.0 Å². The minimum atomic E-state index is -3.93. The van der Waals surface area contributed by atoms with Crippen LogP contribution < -0.4 is 11.1 Å². The summed E-state index contributed by atoms with van der Waals surface area (Å²) in [5.41, 5.74) is 6.49. The number of hydrogen-bond donors (Lipinski definition) is 2. The number of nitrogens with zero attached hydrogens (tertiary/aromatic N) is 1. The summed E-state index contributed by atoms with van der Waals surface area (Å²) in [6.45, 7) is 0.829. The van der Waals surface area contributed by atoms with E-state index in [1.165, 1.54) is 12.1 Å². The van der Waals surface area contributed by atoms with E-state index in [1.807, 2.05) is 0 Å². The lowest BCUT2D eigenvalue weighted by molar-refractivity contribution is -0.134. The summed E-state index contributed by atoms with van der Waals surface area (Å²) in [5.74, 6) is -1.29. The summed E-state index contributed by atoms with van der Waals surface area (Å²) in [7, 11) is -3.93. The van der Waals surface area contributed by atoms with E-state index in [0.717, 1.165) is 4.31 Å². The Morgan fingerprint density at radius 1 is 1.29 bits per heavy atom. The Morgan fingerprint density at radius 2 is 1.86 bits per heavy atom. The van der Waals surface area contributed by atoms with E-state index in [1.54, 1.807) is 13.0 Å². The van der Waals surface area contributed by atoms with Crippen LogP contribution in [0.15, 0.2) is 23.1 Å². The highest BCUT2D eigenvalue weighted by Crippen LogP contribution is 2.21. The predicted octanol–water partition coefficient (Wildman–Crippen LogP) is -0.724. The Bertz CT molecular complexity index is 727. The molecular weight excluding hydrogens is 314 g/mol. The number of amides is 2. The summed E-state index contributed by atoms with van der Waals surface area (Å²) in [6.07, 6.45) is 0. The van der Waals surface area contributed by atoms with Gasteiger partial charge in [-0.1, -0.05) is 18.3 Å². The van der Waals surface area contributed by atoms with E-state index in [2.05, 4.69) is 5.32 Å². The van der Waals surface area contributed by atoms with Crippen molar-refractivity contribution in [1.29, 1.82) is 0 Å². The number of rotatable bonds is 3. The van der Waals surface area contributed by atoms with Gasteiger partial charge in [0.05, 0.1) is 18.0 Å². The average molecular weight is 327 g/mol.